The zero-order valence-corrected chi connectivity index (χ0v) is 10.8. The molecule has 96 valence electrons. The third-order valence-corrected chi connectivity index (χ3v) is 3.00. The Morgan fingerprint density at radius 2 is 2.00 bits per heavy atom. The van der Waals surface area contributed by atoms with Crippen LogP contribution in [0.2, 0.25) is 0 Å². The van der Waals surface area contributed by atoms with E-state index < -0.39 is 11.7 Å². The second-order valence-electron chi connectivity index (χ2n) is 3.47. The molecule has 0 aliphatic rings. The number of nitrogens with zero attached hydrogens (tertiary/aromatic N) is 1. The third kappa shape index (κ3) is 3.61. The Bertz CT molecular complexity index is 381. The number of benzene rings is 1. The van der Waals surface area contributed by atoms with E-state index in [-0.39, 0.29) is 6.61 Å². The van der Waals surface area contributed by atoms with E-state index in [1.165, 1.54) is 6.07 Å². The Kier molecular flexibility index (Phi) is 4.82. The van der Waals surface area contributed by atoms with Crippen LogP contribution in [0.15, 0.2) is 22.7 Å². The van der Waals surface area contributed by atoms with E-state index in [4.69, 9.17) is 5.11 Å². The van der Waals surface area contributed by atoms with E-state index in [1.54, 1.807) is 4.90 Å². The maximum absolute atomic E-state index is 12.5. The quantitative estimate of drug-likeness (QED) is 0.922. The lowest BCUT2D eigenvalue weighted by Gasteiger charge is -2.23. The molecule has 0 radical (unpaired) electrons. The zero-order valence-electron chi connectivity index (χ0n) is 9.26. The first-order chi connectivity index (χ1) is 7.90. The highest BCUT2D eigenvalue weighted by Gasteiger charge is 2.31. The number of anilines is 1. The molecule has 6 heteroatoms. The first-order valence-corrected chi connectivity index (χ1v) is 5.92. The molecule has 1 N–H and O–H groups in total. The van der Waals surface area contributed by atoms with Crippen molar-refractivity contribution in [3.05, 3.63) is 28.2 Å². The van der Waals surface area contributed by atoms with Crippen molar-refractivity contribution >= 4 is 21.6 Å². The summed E-state index contributed by atoms with van der Waals surface area (Å²) in [4.78, 5) is 1.80. The van der Waals surface area contributed by atoms with Crippen molar-refractivity contribution in [2.24, 2.45) is 0 Å². The maximum Gasteiger partial charge on any atom is 0.416 e. The van der Waals surface area contributed by atoms with Crippen LogP contribution < -0.4 is 4.90 Å². The number of hydrogen-bond donors (Lipinski definition) is 1. The van der Waals surface area contributed by atoms with Gasteiger partial charge in [0, 0.05) is 17.6 Å². The number of rotatable bonds is 4. The van der Waals surface area contributed by atoms with Crippen molar-refractivity contribution in [3.63, 3.8) is 0 Å². The fraction of sp³-hybridized carbons (Fsp3) is 0.455. The van der Waals surface area contributed by atoms with Gasteiger partial charge in [-0.15, -0.1) is 0 Å². The average molecular weight is 312 g/mol. The summed E-state index contributed by atoms with van der Waals surface area (Å²) in [5.74, 6) is 0. The van der Waals surface area contributed by atoms with Gasteiger partial charge < -0.3 is 10.0 Å². The summed E-state index contributed by atoms with van der Waals surface area (Å²) in [5, 5.41) is 8.87. The van der Waals surface area contributed by atoms with Crippen LogP contribution in [0, 0.1) is 0 Å². The van der Waals surface area contributed by atoms with Crippen molar-refractivity contribution in [1.82, 2.24) is 0 Å². The zero-order chi connectivity index (χ0) is 13.1. The number of aliphatic hydroxyl groups excluding tert-OH is 1. The highest BCUT2D eigenvalue weighted by Crippen LogP contribution is 2.35. The lowest BCUT2D eigenvalue weighted by Crippen LogP contribution is -2.26. The summed E-state index contributed by atoms with van der Waals surface area (Å²) in [6.45, 7) is 2.84. The summed E-state index contributed by atoms with van der Waals surface area (Å²) in [6.07, 6.45) is -4.34. The predicted octanol–water partition coefficient (Wildman–Crippen LogP) is 3.29. The topological polar surface area (TPSA) is 23.5 Å². The molecule has 1 rings (SSSR count). The highest BCUT2D eigenvalue weighted by molar-refractivity contribution is 9.10. The minimum atomic E-state index is -4.34. The van der Waals surface area contributed by atoms with Crippen LogP contribution in [-0.4, -0.2) is 24.8 Å². The van der Waals surface area contributed by atoms with Gasteiger partial charge in [0.25, 0.3) is 0 Å². The second kappa shape index (κ2) is 5.73. The number of halogens is 4. The first kappa shape index (κ1) is 14.3. The van der Waals surface area contributed by atoms with Crippen LogP contribution in [0.1, 0.15) is 12.5 Å². The van der Waals surface area contributed by atoms with Crippen LogP contribution in [0.25, 0.3) is 0 Å². The van der Waals surface area contributed by atoms with Crippen molar-refractivity contribution in [3.8, 4) is 0 Å². The van der Waals surface area contributed by atoms with Crippen molar-refractivity contribution < 1.29 is 18.3 Å². The molecule has 17 heavy (non-hydrogen) atoms. The molecule has 0 aliphatic carbocycles. The Morgan fingerprint density at radius 1 is 1.35 bits per heavy atom. The summed E-state index contributed by atoms with van der Waals surface area (Å²) in [6, 6.07) is 3.50. The molecule has 2 nitrogen and oxygen atoms in total. The molecule has 0 fully saturated rings. The molecule has 0 heterocycles. The molecule has 0 atom stereocenters. The second-order valence-corrected chi connectivity index (χ2v) is 4.32. The van der Waals surface area contributed by atoms with Gasteiger partial charge in [0.1, 0.15) is 0 Å². The van der Waals surface area contributed by atoms with Crippen LogP contribution in [0.4, 0.5) is 18.9 Å². The Hall–Kier alpha value is -0.750. The minimum absolute atomic E-state index is 0.0404. The van der Waals surface area contributed by atoms with Crippen molar-refractivity contribution in [2.75, 3.05) is 24.6 Å². The normalized spacial score (nSPS) is 11.6. The fourth-order valence-corrected chi connectivity index (χ4v) is 2.14. The summed E-state index contributed by atoms with van der Waals surface area (Å²) in [5.41, 5.74) is -0.0391. The molecule has 1 aromatic rings. The first-order valence-electron chi connectivity index (χ1n) is 5.12. The van der Waals surface area contributed by atoms with Gasteiger partial charge in [-0.05, 0) is 41.1 Å². The molecule has 1 aromatic carbocycles. The van der Waals surface area contributed by atoms with Crippen LogP contribution >= 0.6 is 15.9 Å². The number of aliphatic hydroxyl groups is 1. The molecule has 0 amide bonds. The number of likely N-dealkylation sites (N-methyl/N-ethyl adjacent to an activating group) is 1. The van der Waals surface area contributed by atoms with Gasteiger partial charge >= 0.3 is 6.18 Å². The van der Waals surface area contributed by atoms with Gasteiger partial charge in [0.15, 0.2) is 0 Å². The van der Waals surface area contributed by atoms with E-state index in [1.807, 2.05) is 6.92 Å². The molecule has 0 saturated heterocycles. The SMILES string of the molecule is CCN(CCO)c1ccc(C(F)(F)F)cc1Br. The molecular weight excluding hydrogens is 299 g/mol. The summed E-state index contributed by atoms with van der Waals surface area (Å²) in [7, 11) is 0. The highest BCUT2D eigenvalue weighted by atomic mass is 79.9. The van der Waals surface area contributed by atoms with Crippen LogP contribution in [0.5, 0.6) is 0 Å². The monoisotopic (exact) mass is 311 g/mol. The molecule has 0 aliphatic heterocycles. The van der Waals surface area contributed by atoms with Gasteiger partial charge in [-0.1, -0.05) is 0 Å². The van der Waals surface area contributed by atoms with E-state index in [2.05, 4.69) is 15.9 Å². The van der Waals surface area contributed by atoms with E-state index in [0.29, 0.717) is 23.2 Å². The molecular formula is C11H13BrF3NO. The minimum Gasteiger partial charge on any atom is -0.395 e. The maximum atomic E-state index is 12.5. The molecule has 0 saturated carbocycles. The number of alkyl halides is 3. The summed E-state index contributed by atoms with van der Waals surface area (Å²) >= 11 is 3.13. The van der Waals surface area contributed by atoms with E-state index in [9.17, 15) is 13.2 Å². The lowest BCUT2D eigenvalue weighted by atomic mass is 10.2. The molecule has 0 unspecified atom stereocenters. The Morgan fingerprint density at radius 3 is 2.41 bits per heavy atom. The predicted molar refractivity (Wildman–Crippen MR) is 64.1 cm³/mol. The molecule has 0 spiro atoms. The van der Waals surface area contributed by atoms with Gasteiger partial charge in [0.2, 0.25) is 0 Å². The fourth-order valence-electron chi connectivity index (χ4n) is 1.51. The van der Waals surface area contributed by atoms with Gasteiger partial charge in [-0.2, -0.15) is 13.2 Å². The smallest absolute Gasteiger partial charge is 0.395 e. The van der Waals surface area contributed by atoms with Gasteiger partial charge in [-0.25, -0.2) is 0 Å². The molecule has 0 aromatic heterocycles. The van der Waals surface area contributed by atoms with Gasteiger partial charge in [-0.3, -0.25) is 0 Å². The Labute approximate surface area is 106 Å². The molecule has 0 bridgehead atoms. The van der Waals surface area contributed by atoms with Crippen LogP contribution in [-0.2, 0) is 6.18 Å². The van der Waals surface area contributed by atoms with E-state index >= 15 is 0 Å². The van der Waals surface area contributed by atoms with E-state index in [0.717, 1.165) is 12.1 Å². The van der Waals surface area contributed by atoms with Crippen LogP contribution in [0.3, 0.4) is 0 Å². The third-order valence-electron chi connectivity index (χ3n) is 2.37. The van der Waals surface area contributed by atoms with Gasteiger partial charge in [0.05, 0.1) is 17.9 Å². The largest absolute Gasteiger partial charge is 0.416 e. The number of hydrogen-bond acceptors (Lipinski definition) is 2. The standard InChI is InChI=1S/C11H13BrF3NO/c1-2-16(5-6-17)10-4-3-8(7-9(10)12)11(13,14)15/h3-4,7,17H,2,5-6H2,1H3. The van der Waals surface area contributed by atoms with Crippen molar-refractivity contribution in [1.29, 1.82) is 0 Å². The average Bonchev–Trinajstić information content (AvgIpc) is 2.25. The lowest BCUT2D eigenvalue weighted by molar-refractivity contribution is -0.137. The Balaban J connectivity index is 3.04. The van der Waals surface area contributed by atoms with Crippen molar-refractivity contribution in [2.45, 2.75) is 13.1 Å². The summed E-state index contributed by atoms with van der Waals surface area (Å²) < 4.78 is 37.7.